The van der Waals surface area contributed by atoms with E-state index in [0.29, 0.717) is 12.3 Å². The highest BCUT2D eigenvalue weighted by molar-refractivity contribution is 8.01. The maximum Gasteiger partial charge on any atom is 0.191 e. The van der Waals surface area contributed by atoms with E-state index in [4.69, 9.17) is 4.74 Å². The molecule has 2 aromatic carbocycles. The maximum atomic E-state index is 10.2. The Kier molecular flexibility index (Phi) is 6.50. The van der Waals surface area contributed by atoms with Gasteiger partial charge in [0.2, 0.25) is 0 Å². The molecule has 1 fully saturated rings. The molecule has 0 atom stereocenters. The molecular formula is C21H27N3O2S. The van der Waals surface area contributed by atoms with Crippen LogP contribution in [-0.2, 0) is 6.54 Å². The van der Waals surface area contributed by atoms with Gasteiger partial charge in [0.25, 0.3) is 0 Å². The Morgan fingerprint density at radius 2 is 1.93 bits per heavy atom. The molecule has 1 aliphatic carbocycles. The summed E-state index contributed by atoms with van der Waals surface area (Å²) in [6.45, 7) is 4.08. The van der Waals surface area contributed by atoms with E-state index in [2.05, 4.69) is 39.9 Å². The number of hydrogen-bond donors (Lipinski definition) is 3. The molecule has 1 aliphatic rings. The number of aliphatic imine (C=N–C) groups is 1. The second kappa shape index (κ2) is 9.04. The molecule has 0 saturated heterocycles. The number of ether oxygens (including phenoxy) is 1. The molecule has 3 N–H and O–H groups in total. The number of thioether (sulfide) groups is 1. The number of aromatic hydroxyl groups is 1. The summed E-state index contributed by atoms with van der Waals surface area (Å²) < 4.78 is 5.41. The predicted molar refractivity (Wildman–Crippen MR) is 112 cm³/mol. The van der Waals surface area contributed by atoms with Crippen molar-refractivity contribution >= 4 is 17.7 Å². The van der Waals surface area contributed by atoms with Crippen molar-refractivity contribution in [1.29, 1.82) is 0 Å². The summed E-state index contributed by atoms with van der Waals surface area (Å²) in [4.78, 5) is 5.93. The van der Waals surface area contributed by atoms with E-state index in [-0.39, 0.29) is 10.5 Å². The SMILES string of the molecule is CCNC(=NCc1cccc(OC)c1O)NCC1(Sc2ccccc2)CC1. The van der Waals surface area contributed by atoms with Crippen LogP contribution < -0.4 is 15.4 Å². The molecule has 2 aromatic rings. The van der Waals surface area contributed by atoms with Gasteiger partial charge in [0, 0.05) is 28.3 Å². The molecule has 5 nitrogen and oxygen atoms in total. The normalized spacial score (nSPS) is 15.3. The van der Waals surface area contributed by atoms with Crippen LogP contribution in [0.15, 0.2) is 58.4 Å². The Labute approximate surface area is 165 Å². The highest BCUT2D eigenvalue weighted by Crippen LogP contribution is 2.51. The molecule has 3 rings (SSSR count). The van der Waals surface area contributed by atoms with Gasteiger partial charge < -0.3 is 20.5 Å². The Morgan fingerprint density at radius 1 is 1.15 bits per heavy atom. The lowest BCUT2D eigenvalue weighted by Crippen LogP contribution is -2.41. The van der Waals surface area contributed by atoms with Crippen LogP contribution in [0.4, 0.5) is 0 Å². The summed E-state index contributed by atoms with van der Waals surface area (Å²) in [5.41, 5.74) is 0.742. The Balaban J connectivity index is 1.61. The van der Waals surface area contributed by atoms with E-state index in [0.717, 1.165) is 24.6 Å². The lowest BCUT2D eigenvalue weighted by molar-refractivity contribution is 0.370. The van der Waals surface area contributed by atoms with E-state index in [1.54, 1.807) is 13.2 Å². The van der Waals surface area contributed by atoms with Crippen molar-refractivity contribution < 1.29 is 9.84 Å². The number of para-hydroxylation sites is 1. The minimum Gasteiger partial charge on any atom is -0.504 e. The number of nitrogens with one attached hydrogen (secondary N) is 2. The molecule has 0 heterocycles. The van der Waals surface area contributed by atoms with Gasteiger partial charge >= 0.3 is 0 Å². The molecule has 0 aliphatic heterocycles. The molecule has 0 unspecified atom stereocenters. The summed E-state index contributed by atoms with van der Waals surface area (Å²) in [5, 5.41) is 17.0. The van der Waals surface area contributed by atoms with Gasteiger partial charge in [-0.1, -0.05) is 30.3 Å². The predicted octanol–water partition coefficient (Wildman–Crippen LogP) is 3.78. The number of hydrogen-bond acceptors (Lipinski definition) is 4. The quantitative estimate of drug-likeness (QED) is 0.477. The van der Waals surface area contributed by atoms with E-state index in [1.165, 1.54) is 17.7 Å². The van der Waals surface area contributed by atoms with Crippen LogP contribution in [-0.4, -0.2) is 36.0 Å². The molecule has 0 aromatic heterocycles. The average molecular weight is 386 g/mol. The minimum atomic E-state index is 0.151. The summed E-state index contributed by atoms with van der Waals surface area (Å²) in [5.74, 6) is 1.38. The molecule has 6 heteroatoms. The number of benzene rings is 2. The summed E-state index contributed by atoms with van der Waals surface area (Å²) in [6.07, 6.45) is 2.41. The zero-order chi connectivity index (χ0) is 19.1. The minimum absolute atomic E-state index is 0.151. The number of methoxy groups -OCH3 is 1. The van der Waals surface area contributed by atoms with Crippen LogP contribution in [0.25, 0.3) is 0 Å². The molecule has 0 amide bonds. The third kappa shape index (κ3) is 5.32. The lowest BCUT2D eigenvalue weighted by atomic mass is 10.2. The second-order valence-corrected chi connectivity index (χ2v) is 8.16. The van der Waals surface area contributed by atoms with Gasteiger partial charge in [-0.2, -0.15) is 0 Å². The topological polar surface area (TPSA) is 65.9 Å². The van der Waals surface area contributed by atoms with Crippen molar-refractivity contribution in [2.45, 2.75) is 36.0 Å². The first-order valence-corrected chi connectivity index (χ1v) is 10.1. The largest absolute Gasteiger partial charge is 0.504 e. The first kappa shape index (κ1) is 19.4. The average Bonchev–Trinajstić information content (AvgIpc) is 3.45. The smallest absolute Gasteiger partial charge is 0.191 e. The first-order valence-electron chi connectivity index (χ1n) is 9.27. The van der Waals surface area contributed by atoms with E-state index in [9.17, 15) is 5.11 Å². The number of phenols is 1. The molecular weight excluding hydrogens is 358 g/mol. The van der Waals surface area contributed by atoms with Crippen LogP contribution >= 0.6 is 11.8 Å². The van der Waals surface area contributed by atoms with Gasteiger partial charge in [0.15, 0.2) is 17.5 Å². The standard InChI is InChI=1S/C21H27N3O2S/c1-3-22-20(23-14-16-8-7-11-18(26-2)19(16)25)24-15-21(12-13-21)27-17-9-5-4-6-10-17/h4-11,25H,3,12-15H2,1-2H3,(H2,22,23,24). The summed E-state index contributed by atoms with van der Waals surface area (Å²) >= 11 is 1.94. The van der Waals surface area contributed by atoms with Crippen LogP contribution in [0.5, 0.6) is 11.5 Å². The van der Waals surface area contributed by atoms with Crippen molar-refractivity contribution in [3.63, 3.8) is 0 Å². The van der Waals surface area contributed by atoms with E-state index < -0.39 is 0 Å². The fourth-order valence-corrected chi connectivity index (χ4v) is 4.05. The van der Waals surface area contributed by atoms with Crippen molar-refractivity contribution in [3.05, 3.63) is 54.1 Å². The Morgan fingerprint density at radius 3 is 2.59 bits per heavy atom. The fourth-order valence-electron chi connectivity index (χ4n) is 2.80. The van der Waals surface area contributed by atoms with Gasteiger partial charge in [-0.15, -0.1) is 11.8 Å². The number of rotatable bonds is 8. The third-order valence-electron chi connectivity index (χ3n) is 4.52. The maximum absolute atomic E-state index is 10.2. The van der Waals surface area contributed by atoms with Crippen LogP contribution in [0.2, 0.25) is 0 Å². The zero-order valence-corrected chi connectivity index (χ0v) is 16.7. The van der Waals surface area contributed by atoms with Gasteiger partial charge in [0.05, 0.1) is 13.7 Å². The van der Waals surface area contributed by atoms with Gasteiger partial charge in [-0.25, -0.2) is 4.99 Å². The van der Waals surface area contributed by atoms with Crippen LogP contribution in [0.3, 0.4) is 0 Å². The van der Waals surface area contributed by atoms with E-state index >= 15 is 0 Å². The summed E-state index contributed by atoms with van der Waals surface area (Å²) in [7, 11) is 1.55. The first-order chi connectivity index (χ1) is 13.2. The number of guanidine groups is 1. The van der Waals surface area contributed by atoms with Crippen molar-refractivity contribution in [2.75, 3.05) is 20.2 Å². The van der Waals surface area contributed by atoms with Crippen molar-refractivity contribution in [2.24, 2.45) is 4.99 Å². The fraction of sp³-hybridized carbons (Fsp3) is 0.381. The molecule has 0 spiro atoms. The lowest BCUT2D eigenvalue weighted by Gasteiger charge is -2.18. The van der Waals surface area contributed by atoms with E-state index in [1.807, 2.05) is 36.9 Å². The molecule has 144 valence electrons. The number of nitrogens with zero attached hydrogens (tertiary/aromatic N) is 1. The Bertz CT molecular complexity index is 776. The molecule has 1 saturated carbocycles. The zero-order valence-electron chi connectivity index (χ0n) is 15.9. The van der Waals surface area contributed by atoms with Crippen molar-refractivity contribution in [1.82, 2.24) is 10.6 Å². The van der Waals surface area contributed by atoms with Gasteiger partial charge in [0.1, 0.15) is 0 Å². The second-order valence-electron chi connectivity index (χ2n) is 6.61. The molecule has 0 radical (unpaired) electrons. The van der Waals surface area contributed by atoms with Crippen LogP contribution in [0, 0.1) is 0 Å². The third-order valence-corrected chi connectivity index (χ3v) is 6.01. The highest BCUT2D eigenvalue weighted by Gasteiger charge is 2.43. The van der Waals surface area contributed by atoms with Crippen LogP contribution in [0.1, 0.15) is 25.3 Å². The monoisotopic (exact) mass is 385 g/mol. The van der Waals surface area contributed by atoms with Crippen molar-refractivity contribution in [3.8, 4) is 11.5 Å². The Hall–Kier alpha value is -2.34. The van der Waals surface area contributed by atoms with Gasteiger partial charge in [-0.3, -0.25) is 0 Å². The number of phenolic OH excluding ortho intramolecular Hbond substituents is 1. The highest BCUT2D eigenvalue weighted by atomic mass is 32.2. The summed E-state index contributed by atoms with van der Waals surface area (Å²) in [6, 6.07) is 16.0. The van der Waals surface area contributed by atoms with Gasteiger partial charge in [-0.05, 0) is 38.0 Å². The molecule has 0 bridgehead atoms. The molecule has 27 heavy (non-hydrogen) atoms.